The number of aliphatic imine (C=N–C) groups is 1. The minimum atomic E-state index is -0.350. The zero-order valence-electron chi connectivity index (χ0n) is 16.9. The number of ether oxygens (including phenoxy) is 1. The molecule has 3 rings (SSSR count). The van der Waals surface area contributed by atoms with Crippen LogP contribution in [0.5, 0.6) is 5.75 Å². The fourth-order valence-electron chi connectivity index (χ4n) is 3.30. The number of hydrogen-bond acceptors (Lipinski definition) is 4. The Balaban J connectivity index is 1.50. The third kappa shape index (κ3) is 5.76. The van der Waals surface area contributed by atoms with Gasteiger partial charge in [-0.3, -0.25) is 9.79 Å². The van der Waals surface area contributed by atoms with Crippen molar-refractivity contribution in [3.63, 3.8) is 0 Å². The van der Waals surface area contributed by atoms with E-state index in [1.165, 1.54) is 24.3 Å². The summed E-state index contributed by atoms with van der Waals surface area (Å²) in [7, 11) is 3.29. The van der Waals surface area contributed by atoms with E-state index in [2.05, 4.69) is 25.8 Å². The molecule has 0 radical (unpaired) electrons. The van der Waals surface area contributed by atoms with Gasteiger partial charge in [-0.1, -0.05) is 11.6 Å². The molecule has 1 saturated heterocycles. The number of hydrogen-bond donors (Lipinski definition) is 3. The van der Waals surface area contributed by atoms with Crippen molar-refractivity contribution in [1.29, 1.82) is 0 Å². The predicted molar refractivity (Wildman–Crippen MR) is 118 cm³/mol. The van der Waals surface area contributed by atoms with Gasteiger partial charge in [-0.25, -0.2) is 4.39 Å². The molecule has 1 aliphatic rings. The maximum atomic E-state index is 12.9. The number of carbonyl (C=O) groups excluding carboxylic acids is 1. The fourth-order valence-corrected chi connectivity index (χ4v) is 3.46. The summed E-state index contributed by atoms with van der Waals surface area (Å²) in [6.45, 7) is 1.63. The van der Waals surface area contributed by atoms with Crippen molar-refractivity contribution in [3.8, 4) is 5.75 Å². The van der Waals surface area contributed by atoms with Crippen LogP contribution >= 0.6 is 11.6 Å². The summed E-state index contributed by atoms with van der Waals surface area (Å²) >= 11 is 6.15. The van der Waals surface area contributed by atoms with E-state index in [0.717, 1.165) is 30.9 Å². The number of amides is 1. The van der Waals surface area contributed by atoms with Gasteiger partial charge < -0.3 is 25.6 Å². The van der Waals surface area contributed by atoms with Crippen molar-refractivity contribution in [2.24, 2.45) is 4.99 Å². The Bertz CT molecular complexity index is 907. The number of nitrogens with zero attached hydrogens (tertiary/aromatic N) is 2. The van der Waals surface area contributed by atoms with Crippen LogP contribution in [0.1, 0.15) is 6.42 Å². The van der Waals surface area contributed by atoms with Crippen LogP contribution in [0.2, 0.25) is 5.02 Å². The quantitative estimate of drug-likeness (QED) is 0.482. The number of guanidine groups is 1. The Morgan fingerprint density at radius 1 is 1.30 bits per heavy atom. The molecule has 0 saturated carbocycles. The largest absolute Gasteiger partial charge is 0.495 e. The molecule has 1 aliphatic heterocycles. The van der Waals surface area contributed by atoms with Crippen molar-refractivity contribution < 1.29 is 13.9 Å². The summed E-state index contributed by atoms with van der Waals surface area (Å²) in [5.74, 6) is 0.715. The Kier molecular flexibility index (Phi) is 7.35. The van der Waals surface area contributed by atoms with Crippen molar-refractivity contribution in [1.82, 2.24) is 10.6 Å². The summed E-state index contributed by atoms with van der Waals surface area (Å²) < 4.78 is 18.4. The van der Waals surface area contributed by atoms with Gasteiger partial charge in [-0.15, -0.1) is 0 Å². The second-order valence-corrected chi connectivity index (χ2v) is 7.31. The summed E-state index contributed by atoms with van der Waals surface area (Å²) in [5, 5.41) is 9.70. The number of nitrogens with one attached hydrogen (secondary N) is 3. The maximum Gasteiger partial charge on any atom is 0.243 e. The third-order valence-electron chi connectivity index (χ3n) is 4.78. The lowest BCUT2D eigenvalue weighted by Gasteiger charge is -2.22. The van der Waals surface area contributed by atoms with Gasteiger partial charge in [0.25, 0.3) is 0 Å². The summed E-state index contributed by atoms with van der Waals surface area (Å²) in [6, 6.07) is 11.3. The van der Waals surface area contributed by atoms with Crippen molar-refractivity contribution in [2.75, 3.05) is 44.0 Å². The molecule has 0 bridgehead atoms. The normalized spacial score (nSPS) is 16.3. The number of anilines is 2. The van der Waals surface area contributed by atoms with Crippen LogP contribution in [0.3, 0.4) is 0 Å². The number of rotatable bonds is 6. The molecule has 0 spiro atoms. The molecule has 30 heavy (non-hydrogen) atoms. The van der Waals surface area contributed by atoms with Gasteiger partial charge in [0.15, 0.2) is 5.96 Å². The molecule has 3 N–H and O–H groups in total. The van der Waals surface area contributed by atoms with E-state index in [0.29, 0.717) is 16.7 Å². The van der Waals surface area contributed by atoms with Gasteiger partial charge in [0.05, 0.1) is 19.3 Å². The van der Waals surface area contributed by atoms with Crippen molar-refractivity contribution in [2.45, 2.75) is 12.5 Å². The Morgan fingerprint density at radius 3 is 2.77 bits per heavy atom. The Hall–Kier alpha value is -3.00. The lowest BCUT2D eigenvalue weighted by Crippen LogP contribution is -2.46. The Morgan fingerprint density at radius 2 is 2.07 bits per heavy atom. The first kappa shape index (κ1) is 21.7. The van der Waals surface area contributed by atoms with E-state index in [1.54, 1.807) is 20.2 Å². The van der Waals surface area contributed by atoms with E-state index in [9.17, 15) is 9.18 Å². The SMILES string of the molecule is CN=C(NCC(=O)Nc1ccc(F)cc1)NC1CCN(c2cc(Cl)ccc2OC)C1. The average molecular weight is 434 g/mol. The minimum absolute atomic E-state index is 0.0373. The number of benzene rings is 2. The maximum absolute atomic E-state index is 12.9. The van der Waals surface area contributed by atoms with Gasteiger partial charge >= 0.3 is 0 Å². The second-order valence-electron chi connectivity index (χ2n) is 6.87. The number of methoxy groups -OCH3 is 1. The van der Waals surface area contributed by atoms with Crippen molar-refractivity contribution in [3.05, 3.63) is 53.3 Å². The molecule has 2 aromatic carbocycles. The molecule has 2 aromatic rings. The Labute approximate surface area is 180 Å². The molecular weight excluding hydrogens is 409 g/mol. The summed E-state index contributed by atoms with van der Waals surface area (Å²) in [4.78, 5) is 18.5. The van der Waals surface area contributed by atoms with Gasteiger partial charge in [-0.05, 0) is 48.9 Å². The zero-order valence-corrected chi connectivity index (χ0v) is 17.7. The highest BCUT2D eigenvalue weighted by Gasteiger charge is 2.25. The lowest BCUT2D eigenvalue weighted by molar-refractivity contribution is -0.115. The van der Waals surface area contributed by atoms with Gasteiger partial charge in [0, 0.05) is 36.9 Å². The molecule has 1 amide bonds. The van der Waals surface area contributed by atoms with Crippen molar-refractivity contribution >= 4 is 34.8 Å². The molecule has 1 heterocycles. The third-order valence-corrected chi connectivity index (χ3v) is 5.01. The molecule has 9 heteroatoms. The van der Waals surface area contributed by atoms with Crippen LogP contribution in [0.25, 0.3) is 0 Å². The van der Waals surface area contributed by atoms with E-state index < -0.39 is 0 Å². The van der Waals surface area contributed by atoms with Crippen LogP contribution < -0.4 is 25.6 Å². The molecule has 1 fully saturated rings. The van der Waals surface area contributed by atoms with Gasteiger partial charge in [0.2, 0.25) is 5.91 Å². The fraction of sp³-hybridized carbons (Fsp3) is 0.333. The highest BCUT2D eigenvalue weighted by Crippen LogP contribution is 2.33. The van der Waals surface area contributed by atoms with Gasteiger partial charge in [0.1, 0.15) is 11.6 Å². The topological polar surface area (TPSA) is 78.0 Å². The van der Waals surface area contributed by atoms with Crippen LogP contribution in [0, 0.1) is 5.82 Å². The molecule has 7 nitrogen and oxygen atoms in total. The van der Waals surface area contributed by atoms with Crippen LogP contribution in [0.4, 0.5) is 15.8 Å². The molecule has 160 valence electrons. The van der Waals surface area contributed by atoms with E-state index in [-0.39, 0.29) is 24.3 Å². The van der Waals surface area contributed by atoms with E-state index in [4.69, 9.17) is 16.3 Å². The standard InChI is InChI=1S/C21H25ClFN5O2/c1-24-21(25-12-20(29)26-16-6-4-15(23)5-7-16)27-17-9-10-28(13-17)18-11-14(22)3-8-19(18)30-2/h3-8,11,17H,9-10,12-13H2,1-2H3,(H,26,29)(H2,24,25,27). The van der Waals surface area contributed by atoms with E-state index in [1.807, 2.05) is 12.1 Å². The average Bonchev–Trinajstić information content (AvgIpc) is 3.21. The monoisotopic (exact) mass is 433 g/mol. The van der Waals surface area contributed by atoms with Gasteiger partial charge in [-0.2, -0.15) is 0 Å². The molecule has 0 aromatic heterocycles. The number of halogens is 2. The second kappa shape index (κ2) is 10.2. The molecule has 0 aliphatic carbocycles. The summed E-state index contributed by atoms with van der Waals surface area (Å²) in [6.07, 6.45) is 0.901. The molecule has 1 atom stereocenters. The lowest BCUT2D eigenvalue weighted by atomic mass is 10.2. The van der Waals surface area contributed by atoms with E-state index >= 15 is 0 Å². The first-order chi connectivity index (χ1) is 14.5. The highest BCUT2D eigenvalue weighted by molar-refractivity contribution is 6.30. The van der Waals surface area contributed by atoms with Crippen LogP contribution in [0.15, 0.2) is 47.5 Å². The minimum Gasteiger partial charge on any atom is -0.495 e. The van der Waals surface area contributed by atoms with Crippen LogP contribution in [-0.4, -0.2) is 51.7 Å². The smallest absolute Gasteiger partial charge is 0.243 e. The molecule has 1 unspecified atom stereocenters. The highest BCUT2D eigenvalue weighted by atomic mass is 35.5. The summed E-state index contributed by atoms with van der Waals surface area (Å²) in [5.41, 5.74) is 1.49. The predicted octanol–water partition coefficient (Wildman–Crippen LogP) is 2.87. The first-order valence-corrected chi connectivity index (χ1v) is 9.97. The first-order valence-electron chi connectivity index (χ1n) is 9.59. The molecular formula is C21H25ClFN5O2. The number of carbonyl (C=O) groups is 1. The van der Waals surface area contributed by atoms with Crippen LogP contribution in [-0.2, 0) is 4.79 Å². The zero-order chi connectivity index (χ0) is 21.5.